The van der Waals surface area contributed by atoms with Gasteiger partial charge in [0.2, 0.25) is 5.91 Å². The molecule has 0 aromatic rings. The molecule has 0 bridgehead atoms. The zero-order chi connectivity index (χ0) is 10.3. The molecule has 0 aliphatic heterocycles. The highest BCUT2D eigenvalue weighted by atomic mass is 19.4. The molecule has 1 rings (SSSR count). The van der Waals surface area contributed by atoms with Crippen molar-refractivity contribution in [3.05, 3.63) is 0 Å². The van der Waals surface area contributed by atoms with Gasteiger partial charge >= 0.3 is 6.18 Å². The Morgan fingerprint density at radius 2 is 2.08 bits per heavy atom. The topological polar surface area (TPSA) is 63.3 Å². The van der Waals surface area contributed by atoms with Crippen molar-refractivity contribution >= 4 is 5.91 Å². The molecule has 2 atom stereocenters. The molecule has 0 heterocycles. The molecular weight excluding hydrogens is 187 g/mol. The molecule has 1 fully saturated rings. The second kappa shape index (κ2) is 2.87. The molecule has 0 aromatic heterocycles. The Balaban J connectivity index is 2.72. The molecule has 0 aromatic carbocycles. The van der Waals surface area contributed by atoms with E-state index in [1.807, 2.05) is 0 Å². The third-order valence-electron chi connectivity index (χ3n) is 2.42. The van der Waals surface area contributed by atoms with E-state index in [1.54, 1.807) is 0 Å². The van der Waals surface area contributed by atoms with E-state index in [4.69, 9.17) is 10.8 Å². The average Bonchev–Trinajstić information content (AvgIpc) is 2.31. The van der Waals surface area contributed by atoms with Gasteiger partial charge in [-0.15, -0.1) is 0 Å². The zero-order valence-electron chi connectivity index (χ0n) is 6.77. The average molecular weight is 197 g/mol. The van der Waals surface area contributed by atoms with Crippen molar-refractivity contribution in [3.8, 4) is 0 Å². The largest absolute Gasteiger partial charge is 0.417 e. The van der Waals surface area contributed by atoms with Crippen LogP contribution in [0.2, 0.25) is 0 Å². The lowest BCUT2D eigenvalue weighted by molar-refractivity contribution is -0.257. The summed E-state index contributed by atoms with van der Waals surface area (Å²) in [6, 6.07) is 0. The molecule has 3 N–H and O–H groups in total. The fourth-order valence-corrected chi connectivity index (χ4v) is 1.53. The summed E-state index contributed by atoms with van der Waals surface area (Å²) in [4.78, 5) is 10.6. The molecule has 6 heteroatoms. The minimum absolute atomic E-state index is 0.00530. The summed E-state index contributed by atoms with van der Waals surface area (Å²) >= 11 is 0. The SMILES string of the molecule is NC(=O)C1CCC(O)(C(F)(F)F)C1. The van der Waals surface area contributed by atoms with Gasteiger partial charge in [0, 0.05) is 5.92 Å². The summed E-state index contributed by atoms with van der Waals surface area (Å²) < 4.78 is 36.5. The van der Waals surface area contributed by atoms with Crippen molar-refractivity contribution in [3.63, 3.8) is 0 Å². The lowest BCUT2D eigenvalue weighted by atomic mass is 9.99. The predicted octanol–water partition coefficient (Wildman–Crippen LogP) is 0.565. The highest BCUT2D eigenvalue weighted by Gasteiger charge is 2.57. The fraction of sp³-hybridized carbons (Fsp3) is 0.857. The Bertz CT molecular complexity index is 228. The van der Waals surface area contributed by atoms with Crippen LogP contribution in [0.15, 0.2) is 0 Å². The number of primary amides is 1. The highest BCUT2D eigenvalue weighted by Crippen LogP contribution is 2.45. The van der Waals surface area contributed by atoms with Gasteiger partial charge in [-0.3, -0.25) is 4.79 Å². The molecule has 1 aliphatic rings. The van der Waals surface area contributed by atoms with Gasteiger partial charge in [0.25, 0.3) is 0 Å². The summed E-state index contributed by atoms with van der Waals surface area (Å²) in [5.41, 5.74) is 2.13. The van der Waals surface area contributed by atoms with Gasteiger partial charge in [-0.25, -0.2) is 0 Å². The molecule has 0 spiro atoms. The first kappa shape index (κ1) is 10.3. The number of hydrogen-bond donors (Lipinski definition) is 2. The van der Waals surface area contributed by atoms with Crippen LogP contribution in [0.4, 0.5) is 13.2 Å². The van der Waals surface area contributed by atoms with Crippen LogP contribution >= 0.6 is 0 Å². The number of amides is 1. The molecule has 0 radical (unpaired) electrons. The normalized spacial score (nSPS) is 34.9. The second-order valence-corrected chi connectivity index (χ2v) is 3.37. The summed E-state index contributed by atoms with van der Waals surface area (Å²) in [5.74, 6) is -1.63. The van der Waals surface area contributed by atoms with Crippen LogP contribution in [0.1, 0.15) is 19.3 Å². The number of hydrogen-bond acceptors (Lipinski definition) is 2. The zero-order valence-corrected chi connectivity index (χ0v) is 6.77. The quantitative estimate of drug-likeness (QED) is 0.645. The van der Waals surface area contributed by atoms with E-state index >= 15 is 0 Å². The molecule has 1 amide bonds. The molecular formula is C7H10F3NO2. The summed E-state index contributed by atoms with van der Waals surface area (Å²) in [5, 5.41) is 9.11. The number of aliphatic hydroxyl groups is 1. The number of halogens is 3. The molecule has 1 saturated carbocycles. The molecule has 0 saturated heterocycles. The first-order valence-corrected chi connectivity index (χ1v) is 3.85. The third kappa shape index (κ3) is 1.77. The van der Waals surface area contributed by atoms with Gasteiger partial charge in [0.05, 0.1) is 0 Å². The summed E-state index contributed by atoms with van der Waals surface area (Å²) in [6.07, 6.45) is -5.71. The first-order valence-electron chi connectivity index (χ1n) is 3.85. The molecule has 13 heavy (non-hydrogen) atoms. The smallest absolute Gasteiger partial charge is 0.380 e. The standard InChI is InChI=1S/C7H10F3NO2/c8-7(9,10)6(13)2-1-4(3-6)5(11)12/h4,13H,1-3H2,(H2,11,12). The van der Waals surface area contributed by atoms with Gasteiger partial charge in [-0.2, -0.15) is 13.2 Å². The van der Waals surface area contributed by atoms with Crippen molar-refractivity contribution in [2.45, 2.75) is 31.0 Å². The molecule has 3 nitrogen and oxygen atoms in total. The second-order valence-electron chi connectivity index (χ2n) is 3.37. The van der Waals surface area contributed by atoms with Gasteiger partial charge < -0.3 is 10.8 Å². The first-order chi connectivity index (χ1) is 5.76. The minimum atomic E-state index is -4.67. The number of rotatable bonds is 1. The Labute approximate surface area is 72.7 Å². The molecule has 1 aliphatic carbocycles. The lowest BCUT2D eigenvalue weighted by Crippen LogP contribution is -2.43. The van der Waals surface area contributed by atoms with Gasteiger partial charge in [0.15, 0.2) is 5.60 Å². The Kier molecular flexibility index (Phi) is 2.27. The number of nitrogens with two attached hydrogens (primary N) is 1. The van der Waals surface area contributed by atoms with E-state index < -0.39 is 36.4 Å². The lowest BCUT2D eigenvalue weighted by Gasteiger charge is -2.25. The maximum Gasteiger partial charge on any atom is 0.417 e. The van der Waals surface area contributed by atoms with Crippen LogP contribution in [0, 0.1) is 5.92 Å². The van der Waals surface area contributed by atoms with E-state index in [-0.39, 0.29) is 6.42 Å². The van der Waals surface area contributed by atoms with E-state index in [2.05, 4.69) is 0 Å². The Morgan fingerprint density at radius 3 is 2.31 bits per heavy atom. The van der Waals surface area contributed by atoms with Crippen LogP contribution in [0.5, 0.6) is 0 Å². The van der Waals surface area contributed by atoms with Crippen molar-refractivity contribution in [2.75, 3.05) is 0 Å². The Morgan fingerprint density at radius 1 is 1.54 bits per heavy atom. The van der Waals surface area contributed by atoms with E-state index in [0.717, 1.165) is 0 Å². The summed E-state index contributed by atoms with van der Waals surface area (Å²) in [6.45, 7) is 0. The third-order valence-corrected chi connectivity index (χ3v) is 2.42. The predicted molar refractivity (Wildman–Crippen MR) is 37.5 cm³/mol. The van der Waals surface area contributed by atoms with E-state index in [0.29, 0.717) is 0 Å². The van der Waals surface area contributed by atoms with Crippen LogP contribution < -0.4 is 5.73 Å². The molecule has 2 unspecified atom stereocenters. The minimum Gasteiger partial charge on any atom is -0.380 e. The van der Waals surface area contributed by atoms with E-state index in [1.165, 1.54) is 0 Å². The van der Waals surface area contributed by atoms with Crippen LogP contribution in [0.3, 0.4) is 0 Å². The highest BCUT2D eigenvalue weighted by molar-refractivity contribution is 5.77. The van der Waals surface area contributed by atoms with Crippen molar-refractivity contribution in [2.24, 2.45) is 11.7 Å². The van der Waals surface area contributed by atoms with Crippen LogP contribution in [0.25, 0.3) is 0 Å². The van der Waals surface area contributed by atoms with Crippen molar-refractivity contribution in [1.82, 2.24) is 0 Å². The van der Waals surface area contributed by atoms with E-state index in [9.17, 15) is 18.0 Å². The number of alkyl halides is 3. The molecule has 76 valence electrons. The fourth-order valence-electron chi connectivity index (χ4n) is 1.53. The summed E-state index contributed by atoms with van der Waals surface area (Å²) in [7, 11) is 0. The van der Waals surface area contributed by atoms with Gasteiger partial charge in [-0.1, -0.05) is 0 Å². The van der Waals surface area contributed by atoms with Crippen molar-refractivity contribution in [1.29, 1.82) is 0 Å². The number of carbonyl (C=O) groups excluding carboxylic acids is 1. The van der Waals surface area contributed by atoms with Crippen LogP contribution in [-0.2, 0) is 4.79 Å². The van der Waals surface area contributed by atoms with Gasteiger partial charge in [0.1, 0.15) is 0 Å². The van der Waals surface area contributed by atoms with Crippen LogP contribution in [-0.4, -0.2) is 22.8 Å². The maximum absolute atomic E-state index is 12.2. The maximum atomic E-state index is 12.2. The Hall–Kier alpha value is -0.780. The number of carbonyl (C=O) groups is 1. The van der Waals surface area contributed by atoms with Gasteiger partial charge in [-0.05, 0) is 19.3 Å². The van der Waals surface area contributed by atoms with Crippen molar-refractivity contribution < 1.29 is 23.1 Å². The monoisotopic (exact) mass is 197 g/mol.